The molecule has 0 saturated carbocycles. The molecule has 6 aromatic carbocycles. The number of benzene rings is 6. The van der Waals surface area contributed by atoms with E-state index in [1.807, 2.05) is 36.5 Å². The molecule has 0 unspecified atom stereocenters. The van der Waals surface area contributed by atoms with Gasteiger partial charge in [0.2, 0.25) is 0 Å². The first-order valence-corrected chi connectivity index (χ1v) is 16.1. The van der Waals surface area contributed by atoms with Crippen LogP contribution in [0.3, 0.4) is 0 Å². The number of pyridine rings is 1. The third-order valence-electron chi connectivity index (χ3n) is 9.37. The summed E-state index contributed by atoms with van der Waals surface area (Å²) in [6.07, 6.45) is 1.89. The minimum Gasteiger partial charge on any atom is -0.309 e. The Kier molecular flexibility index (Phi) is 5.81. The molecule has 4 aromatic heterocycles. The van der Waals surface area contributed by atoms with Gasteiger partial charge in [0.15, 0.2) is 5.82 Å². The summed E-state index contributed by atoms with van der Waals surface area (Å²) in [5.74, 6) is 0.598. The summed E-state index contributed by atoms with van der Waals surface area (Å²) in [5, 5.41) is 5.74. The van der Waals surface area contributed by atoms with E-state index in [1.165, 1.54) is 21.8 Å². The minimum absolute atomic E-state index is 0.598. The minimum atomic E-state index is 0.598. The third kappa shape index (κ3) is 3.94. The van der Waals surface area contributed by atoms with Gasteiger partial charge in [0.1, 0.15) is 5.69 Å². The van der Waals surface area contributed by atoms with Crippen LogP contribution in [-0.4, -0.2) is 24.1 Å². The molecule has 10 aromatic rings. The Bertz CT molecular complexity index is 2780. The maximum Gasteiger partial charge on any atom is 0.181 e. The fourth-order valence-electron chi connectivity index (χ4n) is 7.30. The van der Waals surface area contributed by atoms with Crippen LogP contribution < -0.4 is 0 Å². The quantitative estimate of drug-likeness (QED) is 0.198. The van der Waals surface area contributed by atoms with E-state index in [4.69, 9.17) is 15.0 Å². The lowest BCUT2D eigenvalue weighted by Crippen LogP contribution is -2.00. The van der Waals surface area contributed by atoms with Gasteiger partial charge in [-0.1, -0.05) is 103 Å². The average Bonchev–Trinajstić information content (AvgIpc) is 3.68. The van der Waals surface area contributed by atoms with Crippen LogP contribution in [-0.2, 0) is 0 Å². The molecule has 0 aliphatic carbocycles. The van der Waals surface area contributed by atoms with E-state index in [-0.39, 0.29) is 0 Å². The maximum absolute atomic E-state index is 5.23. The number of aromatic nitrogens is 5. The fourth-order valence-corrected chi connectivity index (χ4v) is 7.30. The molecule has 0 atom stereocenters. The van der Waals surface area contributed by atoms with E-state index in [1.54, 1.807) is 0 Å². The highest BCUT2D eigenvalue weighted by Gasteiger charge is 2.22. The Labute approximate surface area is 276 Å². The lowest BCUT2D eigenvalue weighted by atomic mass is 10.1. The molecule has 5 heteroatoms. The summed E-state index contributed by atoms with van der Waals surface area (Å²) in [6, 6.07) is 55.2. The summed E-state index contributed by atoms with van der Waals surface area (Å²) < 4.78 is 4.68. The highest BCUT2D eigenvalue weighted by atomic mass is 15.0. The zero-order chi connectivity index (χ0) is 31.6. The van der Waals surface area contributed by atoms with E-state index in [0.29, 0.717) is 5.82 Å². The summed E-state index contributed by atoms with van der Waals surface area (Å²) in [6.45, 7) is 0. The lowest BCUT2D eigenvalue weighted by molar-refractivity contribution is 1.14. The Morgan fingerprint density at radius 2 is 1.02 bits per heavy atom. The molecule has 0 saturated heterocycles. The lowest BCUT2D eigenvalue weighted by Gasteiger charge is -2.12. The molecule has 0 bridgehead atoms. The first kappa shape index (κ1) is 26.6. The van der Waals surface area contributed by atoms with Gasteiger partial charge in [0.05, 0.1) is 33.3 Å². The highest BCUT2D eigenvalue weighted by Crippen LogP contribution is 2.40. The van der Waals surface area contributed by atoms with Gasteiger partial charge in [-0.25, -0.2) is 9.97 Å². The predicted octanol–water partition coefficient (Wildman–Crippen LogP) is 10.6. The highest BCUT2D eigenvalue weighted by molar-refractivity contribution is 6.14. The van der Waals surface area contributed by atoms with Crippen molar-refractivity contribution >= 4 is 54.5 Å². The second-order valence-corrected chi connectivity index (χ2v) is 12.1. The molecule has 48 heavy (non-hydrogen) atoms. The SMILES string of the molecule is c1ccc(-c2nc(-c3nccc4c5cc(-n6c7ccccc7c7ccccc76)ccc5n(-c5ccccc5)c34)nc3ccccc23)cc1. The van der Waals surface area contributed by atoms with Crippen molar-refractivity contribution in [3.63, 3.8) is 0 Å². The Morgan fingerprint density at radius 3 is 1.77 bits per heavy atom. The van der Waals surface area contributed by atoms with Crippen LogP contribution in [0, 0.1) is 0 Å². The average molecular weight is 614 g/mol. The molecular weight excluding hydrogens is 587 g/mol. The number of fused-ring (bicyclic) bond motifs is 7. The normalized spacial score (nSPS) is 11.8. The van der Waals surface area contributed by atoms with Crippen molar-refractivity contribution in [3.05, 3.63) is 164 Å². The van der Waals surface area contributed by atoms with Crippen molar-refractivity contribution in [2.45, 2.75) is 0 Å². The van der Waals surface area contributed by atoms with Crippen LogP contribution in [0.2, 0.25) is 0 Å². The van der Waals surface area contributed by atoms with Crippen molar-refractivity contribution in [2.24, 2.45) is 0 Å². The van der Waals surface area contributed by atoms with Crippen molar-refractivity contribution in [3.8, 4) is 34.2 Å². The molecule has 5 nitrogen and oxygen atoms in total. The van der Waals surface area contributed by atoms with Gasteiger partial charge in [-0.15, -0.1) is 0 Å². The first-order chi connectivity index (χ1) is 23.8. The number of hydrogen-bond acceptors (Lipinski definition) is 3. The van der Waals surface area contributed by atoms with Crippen molar-refractivity contribution in [1.29, 1.82) is 0 Å². The standard InChI is InChI=1S/C43H27N5/c1-3-13-28(14-4-1)40-34-19-7-10-20-36(34)45-43(46-40)41-42-33(25-26-44-41)35-27-30(23-24-39(35)48(42)29-15-5-2-6-16-29)47-37-21-11-8-17-31(37)32-18-9-12-22-38(32)47/h1-27H. The van der Waals surface area contributed by atoms with Crippen molar-refractivity contribution < 1.29 is 0 Å². The van der Waals surface area contributed by atoms with Gasteiger partial charge in [0.25, 0.3) is 0 Å². The summed E-state index contributed by atoms with van der Waals surface area (Å²) in [7, 11) is 0. The summed E-state index contributed by atoms with van der Waals surface area (Å²) in [5.41, 5.74) is 10.2. The van der Waals surface area contributed by atoms with E-state index in [9.17, 15) is 0 Å². The zero-order valence-electron chi connectivity index (χ0n) is 25.8. The van der Waals surface area contributed by atoms with Gasteiger partial charge in [-0.3, -0.25) is 4.98 Å². The molecule has 0 aliphatic rings. The van der Waals surface area contributed by atoms with Crippen LogP contribution in [0.4, 0.5) is 0 Å². The second kappa shape index (κ2) is 10.5. The van der Waals surface area contributed by atoms with E-state index in [2.05, 4.69) is 137 Å². The summed E-state index contributed by atoms with van der Waals surface area (Å²) in [4.78, 5) is 15.4. The van der Waals surface area contributed by atoms with Crippen LogP contribution in [0.1, 0.15) is 0 Å². The fraction of sp³-hybridized carbons (Fsp3) is 0. The Balaban J connectivity index is 1.29. The predicted molar refractivity (Wildman–Crippen MR) is 197 cm³/mol. The Morgan fingerprint density at radius 1 is 0.396 bits per heavy atom. The molecule has 4 heterocycles. The smallest absolute Gasteiger partial charge is 0.181 e. The molecule has 0 amide bonds. The zero-order valence-corrected chi connectivity index (χ0v) is 25.8. The molecule has 224 valence electrons. The number of nitrogens with zero attached hydrogens (tertiary/aromatic N) is 5. The topological polar surface area (TPSA) is 48.5 Å². The monoisotopic (exact) mass is 613 g/mol. The van der Waals surface area contributed by atoms with E-state index >= 15 is 0 Å². The van der Waals surface area contributed by atoms with Crippen LogP contribution in [0.5, 0.6) is 0 Å². The van der Waals surface area contributed by atoms with Gasteiger partial charge in [0, 0.05) is 50.1 Å². The van der Waals surface area contributed by atoms with Crippen LogP contribution >= 0.6 is 0 Å². The molecule has 10 rings (SSSR count). The third-order valence-corrected chi connectivity index (χ3v) is 9.37. The molecular formula is C43H27N5. The molecule has 0 fully saturated rings. The van der Waals surface area contributed by atoms with Gasteiger partial charge < -0.3 is 9.13 Å². The second-order valence-electron chi connectivity index (χ2n) is 12.1. The largest absolute Gasteiger partial charge is 0.309 e. The van der Waals surface area contributed by atoms with Crippen LogP contribution in [0.25, 0.3) is 88.7 Å². The first-order valence-electron chi connectivity index (χ1n) is 16.1. The molecule has 0 N–H and O–H groups in total. The van der Waals surface area contributed by atoms with Crippen molar-refractivity contribution in [2.75, 3.05) is 0 Å². The van der Waals surface area contributed by atoms with Gasteiger partial charge in [-0.05, 0) is 54.6 Å². The molecule has 0 spiro atoms. The van der Waals surface area contributed by atoms with Gasteiger partial charge in [-0.2, -0.15) is 0 Å². The number of hydrogen-bond donors (Lipinski definition) is 0. The summed E-state index contributed by atoms with van der Waals surface area (Å²) >= 11 is 0. The maximum atomic E-state index is 5.23. The van der Waals surface area contributed by atoms with E-state index < -0.39 is 0 Å². The van der Waals surface area contributed by atoms with Crippen molar-refractivity contribution in [1.82, 2.24) is 24.1 Å². The van der Waals surface area contributed by atoms with Gasteiger partial charge >= 0.3 is 0 Å². The number of rotatable bonds is 4. The Hall–Kier alpha value is -6.59. The molecule has 0 aliphatic heterocycles. The molecule has 0 radical (unpaired) electrons. The van der Waals surface area contributed by atoms with Crippen LogP contribution in [0.15, 0.2) is 164 Å². The number of para-hydroxylation sites is 4. The van der Waals surface area contributed by atoms with E-state index in [0.717, 1.165) is 61.0 Å².